The Hall–Kier alpha value is -2.86. The minimum absolute atomic E-state index is 0.191. The molecule has 2 aromatic rings. The number of hydrogen-bond acceptors (Lipinski definition) is 6. The van der Waals surface area contributed by atoms with Crippen LogP contribution in [0.25, 0.3) is 10.8 Å². The first-order valence-electron chi connectivity index (χ1n) is 7.77. The summed E-state index contributed by atoms with van der Waals surface area (Å²) in [5.74, 6) is 0.209. The van der Waals surface area contributed by atoms with Crippen molar-refractivity contribution in [1.29, 1.82) is 0 Å². The Morgan fingerprint density at radius 1 is 1.04 bits per heavy atom. The van der Waals surface area contributed by atoms with E-state index < -0.39 is 0 Å². The molecule has 0 amide bonds. The van der Waals surface area contributed by atoms with Crippen LogP contribution in [0.4, 0.5) is 0 Å². The molecule has 0 unspecified atom stereocenters. The lowest BCUT2D eigenvalue weighted by molar-refractivity contribution is -0.140. The third kappa shape index (κ3) is 4.81. The lowest BCUT2D eigenvalue weighted by Gasteiger charge is -2.09. The Morgan fingerprint density at radius 3 is 2.44 bits per heavy atom. The minimum Gasteiger partial charge on any atom is -0.497 e. The van der Waals surface area contributed by atoms with E-state index in [1.54, 1.807) is 19.3 Å². The van der Waals surface area contributed by atoms with Crippen LogP contribution in [-0.2, 0) is 14.4 Å². The van der Waals surface area contributed by atoms with Crippen LogP contribution in [0.2, 0.25) is 0 Å². The van der Waals surface area contributed by atoms with Crippen LogP contribution in [-0.4, -0.2) is 33.1 Å². The highest BCUT2D eigenvalue weighted by atomic mass is 16.6. The number of rotatable bonds is 8. The molecule has 0 fully saturated rings. The Labute approximate surface area is 146 Å². The number of hydroxylamine groups is 1. The predicted octanol–water partition coefficient (Wildman–Crippen LogP) is 3.02. The number of benzene rings is 2. The zero-order valence-electron chi connectivity index (χ0n) is 14.5. The van der Waals surface area contributed by atoms with Crippen molar-refractivity contribution < 1.29 is 23.9 Å². The molecule has 6 heteroatoms. The molecule has 0 saturated heterocycles. The van der Waals surface area contributed by atoms with Gasteiger partial charge in [0.05, 0.1) is 21.3 Å². The fourth-order valence-electron chi connectivity index (χ4n) is 2.37. The van der Waals surface area contributed by atoms with E-state index in [1.165, 1.54) is 14.2 Å². The van der Waals surface area contributed by atoms with Crippen LogP contribution in [0.3, 0.4) is 0 Å². The molecule has 0 aliphatic carbocycles. The summed E-state index contributed by atoms with van der Waals surface area (Å²) < 4.78 is 9.79. The number of carbonyl (C=O) groups excluding carboxylic acids is 2. The maximum absolute atomic E-state index is 12.7. The molecule has 1 N–H and O–H groups in total. The quantitative estimate of drug-likeness (QED) is 0.344. The van der Waals surface area contributed by atoms with Crippen LogP contribution >= 0.6 is 0 Å². The molecule has 0 heterocycles. The molecule has 6 nitrogen and oxygen atoms in total. The summed E-state index contributed by atoms with van der Waals surface area (Å²) in [7, 11) is 4.37. The standard InChI is InChI=1S/C19H21NO5/c1-23-16-10-9-13-11-15(8-7-14(13)12-16)19(22)17(20-25-3)5-4-6-18(21)24-2/h5,7-12,20H,4,6H2,1-3H3. The van der Waals surface area contributed by atoms with Crippen LogP contribution in [0.15, 0.2) is 48.2 Å². The summed E-state index contributed by atoms with van der Waals surface area (Å²) in [5.41, 5.74) is 3.38. The first-order valence-corrected chi connectivity index (χ1v) is 7.77. The van der Waals surface area contributed by atoms with E-state index in [0.29, 0.717) is 12.0 Å². The van der Waals surface area contributed by atoms with Crippen LogP contribution in [0.1, 0.15) is 23.2 Å². The molecule has 0 aliphatic heterocycles. The highest BCUT2D eigenvalue weighted by Gasteiger charge is 2.13. The summed E-state index contributed by atoms with van der Waals surface area (Å²) in [5, 5.41) is 1.91. The fourth-order valence-corrected chi connectivity index (χ4v) is 2.37. The van der Waals surface area contributed by atoms with Crippen LogP contribution < -0.4 is 10.2 Å². The van der Waals surface area contributed by atoms with E-state index in [2.05, 4.69) is 10.2 Å². The van der Waals surface area contributed by atoms with Gasteiger partial charge >= 0.3 is 5.97 Å². The SMILES string of the molecule is CONC(=CCCC(=O)OC)C(=O)c1ccc2cc(OC)ccc2c1. The average Bonchev–Trinajstić information content (AvgIpc) is 2.65. The van der Waals surface area contributed by atoms with Gasteiger partial charge in [0.25, 0.3) is 0 Å². The van der Waals surface area contributed by atoms with Gasteiger partial charge in [0.15, 0.2) is 0 Å². The molecule has 0 atom stereocenters. The number of methoxy groups -OCH3 is 2. The van der Waals surface area contributed by atoms with E-state index in [9.17, 15) is 9.59 Å². The second-order valence-corrected chi connectivity index (χ2v) is 5.30. The Balaban J connectivity index is 2.24. The summed E-state index contributed by atoms with van der Waals surface area (Å²) in [6, 6.07) is 11.1. The number of esters is 1. The molecule has 2 aromatic carbocycles. The third-order valence-electron chi connectivity index (χ3n) is 3.69. The highest BCUT2D eigenvalue weighted by molar-refractivity contribution is 6.10. The Bertz CT molecular complexity index is 798. The van der Waals surface area contributed by atoms with E-state index >= 15 is 0 Å². The number of allylic oxidation sites excluding steroid dienone is 2. The molecule has 0 aliphatic rings. The van der Waals surface area contributed by atoms with Gasteiger partial charge in [-0.25, -0.2) is 0 Å². The van der Waals surface area contributed by atoms with E-state index in [-0.39, 0.29) is 23.9 Å². The van der Waals surface area contributed by atoms with Crippen LogP contribution in [0, 0.1) is 0 Å². The highest BCUT2D eigenvalue weighted by Crippen LogP contribution is 2.22. The number of ether oxygens (including phenoxy) is 2. The number of fused-ring (bicyclic) bond motifs is 1. The van der Waals surface area contributed by atoms with Crippen molar-refractivity contribution in [2.75, 3.05) is 21.3 Å². The second-order valence-electron chi connectivity index (χ2n) is 5.30. The first kappa shape index (κ1) is 18.5. The average molecular weight is 343 g/mol. The Kier molecular flexibility index (Phi) is 6.54. The van der Waals surface area contributed by atoms with Gasteiger partial charge in [0, 0.05) is 12.0 Å². The van der Waals surface area contributed by atoms with Crippen molar-refractivity contribution in [2.45, 2.75) is 12.8 Å². The van der Waals surface area contributed by atoms with Crippen molar-refractivity contribution in [1.82, 2.24) is 5.48 Å². The van der Waals surface area contributed by atoms with E-state index in [4.69, 9.17) is 9.57 Å². The van der Waals surface area contributed by atoms with Crippen molar-refractivity contribution >= 4 is 22.5 Å². The van der Waals surface area contributed by atoms with E-state index in [1.807, 2.05) is 30.3 Å². The second kappa shape index (κ2) is 8.84. The van der Waals surface area contributed by atoms with Gasteiger partial charge in [-0.2, -0.15) is 0 Å². The first-order chi connectivity index (χ1) is 12.1. The molecule has 0 radical (unpaired) electrons. The Morgan fingerprint density at radius 2 is 1.76 bits per heavy atom. The molecule has 0 aromatic heterocycles. The monoisotopic (exact) mass is 343 g/mol. The smallest absolute Gasteiger partial charge is 0.305 e. The fraction of sp³-hybridized carbons (Fsp3) is 0.263. The summed E-state index contributed by atoms with van der Waals surface area (Å²) >= 11 is 0. The van der Waals surface area contributed by atoms with Crippen LogP contribution in [0.5, 0.6) is 5.75 Å². The van der Waals surface area contributed by atoms with Gasteiger partial charge < -0.3 is 9.47 Å². The molecule has 0 spiro atoms. The molecular weight excluding hydrogens is 322 g/mol. The normalized spacial score (nSPS) is 11.2. The molecule has 0 saturated carbocycles. The maximum Gasteiger partial charge on any atom is 0.305 e. The summed E-state index contributed by atoms with van der Waals surface area (Å²) in [6.45, 7) is 0. The van der Waals surface area contributed by atoms with Crippen molar-refractivity contribution in [3.05, 3.63) is 53.7 Å². The zero-order valence-corrected chi connectivity index (χ0v) is 14.5. The summed E-state index contributed by atoms with van der Waals surface area (Å²) in [4.78, 5) is 28.8. The van der Waals surface area contributed by atoms with Crippen molar-refractivity contribution in [2.24, 2.45) is 0 Å². The number of nitrogens with one attached hydrogen (secondary N) is 1. The molecule has 25 heavy (non-hydrogen) atoms. The predicted molar refractivity (Wildman–Crippen MR) is 94.3 cm³/mol. The van der Waals surface area contributed by atoms with Gasteiger partial charge in [-0.15, -0.1) is 0 Å². The zero-order chi connectivity index (χ0) is 18.2. The third-order valence-corrected chi connectivity index (χ3v) is 3.69. The summed E-state index contributed by atoms with van der Waals surface area (Å²) in [6.07, 6.45) is 2.19. The lowest BCUT2D eigenvalue weighted by atomic mass is 10.0. The van der Waals surface area contributed by atoms with Gasteiger partial charge in [0.2, 0.25) is 5.78 Å². The molecule has 132 valence electrons. The minimum atomic E-state index is -0.333. The van der Waals surface area contributed by atoms with Gasteiger partial charge in [0.1, 0.15) is 11.4 Å². The van der Waals surface area contributed by atoms with Gasteiger partial charge in [-0.05, 0) is 35.4 Å². The molecule has 2 rings (SSSR count). The lowest BCUT2D eigenvalue weighted by Crippen LogP contribution is -2.19. The number of ketones is 1. The maximum atomic E-state index is 12.7. The van der Waals surface area contributed by atoms with Gasteiger partial charge in [-0.1, -0.05) is 24.3 Å². The van der Waals surface area contributed by atoms with Gasteiger partial charge in [-0.3, -0.25) is 19.9 Å². The molecule has 0 bridgehead atoms. The number of carbonyl (C=O) groups is 2. The van der Waals surface area contributed by atoms with E-state index in [0.717, 1.165) is 16.5 Å². The van der Waals surface area contributed by atoms with Crippen molar-refractivity contribution in [3.63, 3.8) is 0 Å². The topological polar surface area (TPSA) is 73.9 Å². The number of hydrogen-bond donors (Lipinski definition) is 1. The number of Topliss-reactive ketones (excluding diaryl/α,β-unsaturated/α-hetero) is 1. The van der Waals surface area contributed by atoms with Crippen molar-refractivity contribution in [3.8, 4) is 5.75 Å². The molecular formula is C19H21NO5. The largest absolute Gasteiger partial charge is 0.497 e.